The van der Waals surface area contributed by atoms with E-state index >= 15 is 0 Å². The second-order valence-corrected chi connectivity index (χ2v) is 6.59. The van der Waals surface area contributed by atoms with Crippen molar-refractivity contribution in [1.82, 2.24) is 4.90 Å². The molecule has 1 aliphatic carbocycles. The molecule has 0 aromatic heterocycles. The van der Waals surface area contributed by atoms with E-state index in [-0.39, 0.29) is 5.97 Å². The molecule has 1 aliphatic rings. The number of anilines is 1. The van der Waals surface area contributed by atoms with E-state index in [1.807, 2.05) is 36.2 Å². The molecule has 0 bridgehead atoms. The maximum absolute atomic E-state index is 12.3. The van der Waals surface area contributed by atoms with Gasteiger partial charge in [-0.15, -0.1) is 5.10 Å². The van der Waals surface area contributed by atoms with Gasteiger partial charge in [-0.25, -0.2) is 4.79 Å². The number of likely N-dealkylation sites (N-methyl/N-ethyl adjacent to an activating group) is 1. The van der Waals surface area contributed by atoms with E-state index in [0.717, 1.165) is 23.0 Å². The third-order valence-corrected chi connectivity index (χ3v) is 4.58. The summed E-state index contributed by atoms with van der Waals surface area (Å²) in [5, 5.41) is 4.32. The summed E-state index contributed by atoms with van der Waals surface area (Å²) < 4.78 is 6.16. The lowest BCUT2D eigenvalue weighted by atomic mass is 9.94. The van der Waals surface area contributed by atoms with E-state index in [4.69, 9.17) is 4.74 Å². The zero-order valence-electron chi connectivity index (χ0n) is 13.7. The van der Waals surface area contributed by atoms with E-state index in [1.165, 1.54) is 19.3 Å². The number of carbonyl (C=O) groups excluding carboxylic acids is 1. The van der Waals surface area contributed by atoms with Crippen LogP contribution in [0.2, 0.25) is 0 Å². The zero-order valence-corrected chi connectivity index (χ0v) is 15.3. The quantitative estimate of drug-likeness (QED) is 0.370. The van der Waals surface area contributed by atoms with Gasteiger partial charge in [-0.2, -0.15) is 0 Å². The molecule has 1 aromatic carbocycles. The van der Waals surface area contributed by atoms with Gasteiger partial charge in [-0.1, -0.05) is 35.2 Å². The number of ether oxygens (including phenoxy) is 1. The number of amidine groups is 1. The van der Waals surface area contributed by atoms with Crippen LogP contribution in [0, 0.1) is 0 Å². The second kappa shape index (κ2) is 8.91. The van der Waals surface area contributed by atoms with Crippen LogP contribution in [0.25, 0.3) is 0 Å². The van der Waals surface area contributed by atoms with Crippen molar-refractivity contribution in [3.05, 3.63) is 28.7 Å². The predicted molar refractivity (Wildman–Crippen MR) is 96.5 cm³/mol. The molecule has 6 heteroatoms. The first-order chi connectivity index (χ1) is 11.1. The van der Waals surface area contributed by atoms with Crippen molar-refractivity contribution >= 4 is 33.4 Å². The van der Waals surface area contributed by atoms with Gasteiger partial charge in [0.05, 0.1) is 12.3 Å². The minimum atomic E-state index is -0.384. The van der Waals surface area contributed by atoms with Crippen LogP contribution in [0.15, 0.2) is 33.8 Å². The molecule has 0 unspecified atom stereocenters. The van der Waals surface area contributed by atoms with Crippen molar-refractivity contribution in [2.75, 3.05) is 19.1 Å². The van der Waals surface area contributed by atoms with E-state index in [0.29, 0.717) is 18.5 Å². The van der Waals surface area contributed by atoms with Gasteiger partial charge in [0.1, 0.15) is 0 Å². The zero-order chi connectivity index (χ0) is 16.7. The minimum Gasteiger partial charge on any atom is -0.460 e. The Bertz CT molecular complexity index is 539. The number of carbonyl (C=O) groups is 1. The average molecular weight is 382 g/mol. The highest BCUT2D eigenvalue weighted by Gasteiger charge is 2.26. The van der Waals surface area contributed by atoms with Crippen molar-refractivity contribution in [3.8, 4) is 0 Å². The molecule has 23 heavy (non-hydrogen) atoms. The molecule has 0 heterocycles. The summed E-state index contributed by atoms with van der Waals surface area (Å²) in [5.41, 5.74) is 3.78. The van der Waals surface area contributed by atoms with Crippen LogP contribution in [0.4, 0.5) is 5.69 Å². The Kier molecular flexibility index (Phi) is 6.89. The van der Waals surface area contributed by atoms with Gasteiger partial charge in [0.2, 0.25) is 5.84 Å². The first kappa shape index (κ1) is 17.8. The Balaban J connectivity index is 2.13. The van der Waals surface area contributed by atoms with Crippen molar-refractivity contribution in [2.24, 2.45) is 5.10 Å². The van der Waals surface area contributed by atoms with Crippen molar-refractivity contribution in [1.29, 1.82) is 0 Å². The van der Waals surface area contributed by atoms with Gasteiger partial charge in [0, 0.05) is 17.6 Å². The summed E-state index contributed by atoms with van der Waals surface area (Å²) in [5.74, 6) is -0.0492. The third-order valence-electron chi connectivity index (χ3n) is 4.05. The Morgan fingerprint density at radius 3 is 2.57 bits per heavy atom. The topological polar surface area (TPSA) is 53.9 Å². The molecule has 2 rings (SSSR count). The lowest BCUT2D eigenvalue weighted by Gasteiger charge is -2.32. The number of nitrogens with one attached hydrogen (secondary N) is 1. The minimum absolute atomic E-state index is 0.335. The number of hydrazone groups is 1. The molecule has 1 saturated carbocycles. The molecule has 0 aliphatic heterocycles. The fourth-order valence-electron chi connectivity index (χ4n) is 2.75. The van der Waals surface area contributed by atoms with Gasteiger partial charge in [0.25, 0.3) is 0 Å². The molecular weight excluding hydrogens is 358 g/mol. The molecule has 126 valence electrons. The highest BCUT2D eigenvalue weighted by atomic mass is 79.9. The van der Waals surface area contributed by atoms with Gasteiger partial charge < -0.3 is 9.64 Å². The number of halogens is 1. The molecule has 0 atom stereocenters. The van der Waals surface area contributed by atoms with E-state index in [9.17, 15) is 4.79 Å². The molecule has 0 saturated heterocycles. The molecule has 1 fully saturated rings. The highest BCUT2D eigenvalue weighted by molar-refractivity contribution is 9.10. The second-order valence-electron chi connectivity index (χ2n) is 5.68. The molecule has 1 aromatic rings. The van der Waals surface area contributed by atoms with E-state index in [2.05, 4.69) is 26.5 Å². The summed E-state index contributed by atoms with van der Waals surface area (Å²) in [6.07, 6.45) is 5.85. The smallest absolute Gasteiger partial charge is 0.375 e. The van der Waals surface area contributed by atoms with Crippen molar-refractivity contribution < 1.29 is 9.53 Å². The first-order valence-corrected chi connectivity index (χ1v) is 8.90. The summed E-state index contributed by atoms with van der Waals surface area (Å²) in [4.78, 5) is 14.2. The SMILES string of the molecule is CCOC(=O)/C(=N/Nc1ccc(Br)cc1)N(C)C1CCCCC1. The van der Waals surface area contributed by atoms with Crippen LogP contribution in [0.5, 0.6) is 0 Å². The molecule has 0 amide bonds. The number of hydrogen-bond acceptors (Lipinski definition) is 4. The van der Waals surface area contributed by atoms with Crippen molar-refractivity contribution in [3.63, 3.8) is 0 Å². The number of esters is 1. The Labute approximate surface area is 146 Å². The summed E-state index contributed by atoms with van der Waals surface area (Å²) >= 11 is 3.40. The summed E-state index contributed by atoms with van der Waals surface area (Å²) in [6, 6.07) is 7.99. The number of benzene rings is 1. The number of hydrogen-bond donors (Lipinski definition) is 1. The fraction of sp³-hybridized carbons (Fsp3) is 0.529. The van der Waals surface area contributed by atoms with Crippen LogP contribution < -0.4 is 5.43 Å². The Morgan fingerprint density at radius 1 is 1.30 bits per heavy atom. The fourth-order valence-corrected chi connectivity index (χ4v) is 3.01. The molecule has 0 radical (unpaired) electrons. The summed E-state index contributed by atoms with van der Waals surface area (Å²) in [7, 11) is 1.93. The van der Waals surface area contributed by atoms with Gasteiger partial charge >= 0.3 is 5.97 Å². The highest BCUT2D eigenvalue weighted by Crippen LogP contribution is 2.22. The largest absolute Gasteiger partial charge is 0.460 e. The Morgan fingerprint density at radius 2 is 1.96 bits per heavy atom. The van der Waals surface area contributed by atoms with Crippen LogP contribution in [0.1, 0.15) is 39.0 Å². The maximum atomic E-state index is 12.3. The van der Waals surface area contributed by atoms with Gasteiger partial charge in [-0.05, 0) is 44.0 Å². The molecule has 0 spiro atoms. The lowest BCUT2D eigenvalue weighted by Crippen LogP contribution is -2.43. The van der Waals surface area contributed by atoms with Crippen LogP contribution in [-0.4, -0.2) is 36.4 Å². The average Bonchev–Trinajstić information content (AvgIpc) is 2.57. The van der Waals surface area contributed by atoms with Crippen LogP contribution in [-0.2, 0) is 9.53 Å². The molecule has 5 nitrogen and oxygen atoms in total. The van der Waals surface area contributed by atoms with Gasteiger partial charge in [-0.3, -0.25) is 5.43 Å². The van der Waals surface area contributed by atoms with Gasteiger partial charge in [0.15, 0.2) is 0 Å². The maximum Gasteiger partial charge on any atom is 0.375 e. The summed E-state index contributed by atoms with van der Waals surface area (Å²) in [6.45, 7) is 2.15. The molecular formula is C17H24BrN3O2. The predicted octanol–water partition coefficient (Wildman–Crippen LogP) is 4.00. The first-order valence-electron chi connectivity index (χ1n) is 8.11. The van der Waals surface area contributed by atoms with Crippen LogP contribution >= 0.6 is 15.9 Å². The number of rotatable bonds is 4. The monoisotopic (exact) mass is 381 g/mol. The Hall–Kier alpha value is -1.56. The molecule has 1 N–H and O–H groups in total. The third kappa shape index (κ3) is 5.23. The lowest BCUT2D eigenvalue weighted by molar-refractivity contribution is -0.136. The van der Waals surface area contributed by atoms with Crippen molar-refractivity contribution in [2.45, 2.75) is 45.1 Å². The number of nitrogens with zero attached hydrogens (tertiary/aromatic N) is 2. The van der Waals surface area contributed by atoms with E-state index < -0.39 is 0 Å². The normalized spacial score (nSPS) is 16.0. The van der Waals surface area contributed by atoms with E-state index in [1.54, 1.807) is 6.92 Å². The van der Waals surface area contributed by atoms with Crippen LogP contribution in [0.3, 0.4) is 0 Å². The standard InChI is InChI=1S/C17H24BrN3O2/c1-3-23-17(22)16(21(2)15-7-5-4-6-8-15)20-19-14-11-9-13(18)10-12-14/h9-12,15,19H,3-8H2,1-2H3/b20-16-.